The molecule has 2 aromatic rings. The van der Waals surface area contributed by atoms with Crippen LogP contribution in [-0.4, -0.2) is 59.5 Å². The molecule has 1 aromatic heterocycles. The van der Waals surface area contributed by atoms with Gasteiger partial charge < -0.3 is 14.7 Å². The first kappa shape index (κ1) is 18.6. The number of benzene rings is 1. The van der Waals surface area contributed by atoms with E-state index >= 15 is 0 Å². The van der Waals surface area contributed by atoms with E-state index in [1.165, 1.54) is 0 Å². The molecule has 1 saturated heterocycles. The van der Waals surface area contributed by atoms with E-state index in [1.807, 2.05) is 13.0 Å². The summed E-state index contributed by atoms with van der Waals surface area (Å²) in [7, 11) is 0. The second-order valence-electron chi connectivity index (χ2n) is 6.28. The number of amides is 2. The summed E-state index contributed by atoms with van der Waals surface area (Å²) in [6.07, 6.45) is 0. The standard InChI is InChI=1S/C18H21BrN4O3/c1-13-10-16(26-21-13)12-22-6-8-23(9-7-22)17(24)11-20-18(25)14-2-4-15(19)5-3-14/h2-5,10H,6-9,11-12H2,1H3,(H,20,25). The smallest absolute Gasteiger partial charge is 0.251 e. The lowest BCUT2D eigenvalue weighted by atomic mass is 10.2. The molecule has 2 amide bonds. The van der Waals surface area contributed by atoms with Gasteiger partial charge in [0.25, 0.3) is 5.91 Å². The van der Waals surface area contributed by atoms with E-state index in [1.54, 1.807) is 29.2 Å². The molecule has 1 aliphatic rings. The maximum absolute atomic E-state index is 12.3. The lowest BCUT2D eigenvalue weighted by Gasteiger charge is -2.34. The Kier molecular flexibility index (Phi) is 6.05. The highest BCUT2D eigenvalue weighted by Gasteiger charge is 2.22. The van der Waals surface area contributed by atoms with Crippen LogP contribution in [0.25, 0.3) is 0 Å². The van der Waals surface area contributed by atoms with Crippen LogP contribution >= 0.6 is 15.9 Å². The number of carbonyl (C=O) groups is 2. The van der Waals surface area contributed by atoms with E-state index in [4.69, 9.17) is 4.52 Å². The Balaban J connectivity index is 1.42. The Morgan fingerprint density at radius 2 is 1.88 bits per heavy atom. The van der Waals surface area contributed by atoms with Gasteiger partial charge in [0, 0.05) is 42.3 Å². The number of nitrogens with one attached hydrogen (secondary N) is 1. The van der Waals surface area contributed by atoms with Crippen LogP contribution in [0.15, 0.2) is 39.3 Å². The fourth-order valence-electron chi connectivity index (χ4n) is 2.84. The molecule has 0 spiro atoms. The van der Waals surface area contributed by atoms with Crippen molar-refractivity contribution in [1.29, 1.82) is 0 Å². The lowest BCUT2D eigenvalue weighted by molar-refractivity contribution is -0.131. The second-order valence-corrected chi connectivity index (χ2v) is 7.20. The Bertz CT molecular complexity index is 767. The predicted octanol–water partition coefficient (Wildman–Crippen LogP) is 1.82. The molecule has 138 valence electrons. The number of piperazine rings is 1. The minimum atomic E-state index is -0.245. The maximum atomic E-state index is 12.3. The Morgan fingerprint density at radius 1 is 1.19 bits per heavy atom. The van der Waals surface area contributed by atoms with Crippen LogP contribution in [0.1, 0.15) is 21.8 Å². The molecule has 1 fully saturated rings. The summed E-state index contributed by atoms with van der Waals surface area (Å²) in [5.41, 5.74) is 1.41. The highest BCUT2D eigenvalue weighted by atomic mass is 79.9. The maximum Gasteiger partial charge on any atom is 0.251 e. The zero-order valence-electron chi connectivity index (χ0n) is 14.6. The molecule has 0 unspecified atom stereocenters. The summed E-state index contributed by atoms with van der Waals surface area (Å²) >= 11 is 3.33. The van der Waals surface area contributed by atoms with Crippen molar-refractivity contribution >= 4 is 27.7 Å². The molecule has 1 aliphatic heterocycles. The number of nitrogens with zero attached hydrogens (tertiary/aromatic N) is 3. The molecule has 0 aliphatic carbocycles. The van der Waals surface area contributed by atoms with Gasteiger partial charge in [-0.1, -0.05) is 21.1 Å². The molecule has 3 rings (SSSR count). The first-order valence-corrected chi connectivity index (χ1v) is 9.26. The summed E-state index contributed by atoms with van der Waals surface area (Å²) in [5, 5.41) is 6.57. The van der Waals surface area contributed by atoms with E-state index in [9.17, 15) is 9.59 Å². The number of hydrogen-bond donors (Lipinski definition) is 1. The minimum Gasteiger partial charge on any atom is -0.360 e. The van der Waals surface area contributed by atoms with Crippen molar-refractivity contribution in [2.24, 2.45) is 0 Å². The highest BCUT2D eigenvalue weighted by molar-refractivity contribution is 9.10. The number of hydrogen-bond acceptors (Lipinski definition) is 5. The van der Waals surface area contributed by atoms with Gasteiger partial charge in [-0.05, 0) is 31.2 Å². The normalized spacial score (nSPS) is 15.1. The second kappa shape index (κ2) is 8.46. The first-order chi connectivity index (χ1) is 12.5. The van der Waals surface area contributed by atoms with Crippen LogP contribution in [0.4, 0.5) is 0 Å². The van der Waals surface area contributed by atoms with Crippen LogP contribution in [0.3, 0.4) is 0 Å². The first-order valence-electron chi connectivity index (χ1n) is 8.47. The van der Waals surface area contributed by atoms with Crippen molar-refractivity contribution in [2.45, 2.75) is 13.5 Å². The molecule has 0 atom stereocenters. The van der Waals surface area contributed by atoms with Crippen LogP contribution in [0.5, 0.6) is 0 Å². The molecule has 0 radical (unpaired) electrons. The van der Waals surface area contributed by atoms with Gasteiger partial charge in [0.15, 0.2) is 5.76 Å². The monoisotopic (exact) mass is 420 g/mol. The summed E-state index contributed by atoms with van der Waals surface area (Å²) in [6, 6.07) is 8.95. The fourth-order valence-corrected chi connectivity index (χ4v) is 3.10. The van der Waals surface area contributed by atoms with Gasteiger partial charge in [-0.25, -0.2) is 0 Å². The molecule has 0 bridgehead atoms. The van der Waals surface area contributed by atoms with Crippen molar-refractivity contribution < 1.29 is 14.1 Å². The van der Waals surface area contributed by atoms with E-state index in [2.05, 4.69) is 31.3 Å². The third kappa shape index (κ3) is 4.92. The Morgan fingerprint density at radius 3 is 2.50 bits per heavy atom. The average molecular weight is 421 g/mol. The Hall–Kier alpha value is -2.19. The molecule has 2 heterocycles. The highest BCUT2D eigenvalue weighted by Crippen LogP contribution is 2.11. The van der Waals surface area contributed by atoms with Gasteiger partial charge in [-0.2, -0.15) is 0 Å². The van der Waals surface area contributed by atoms with Crippen molar-refractivity contribution in [3.8, 4) is 0 Å². The van der Waals surface area contributed by atoms with Gasteiger partial charge in [-0.15, -0.1) is 0 Å². The molecule has 26 heavy (non-hydrogen) atoms. The van der Waals surface area contributed by atoms with Crippen molar-refractivity contribution in [3.63, 3.8) is 0 Å². The molecular formula is C18H21BrN4O3. The topological polar surface area (TPSA) is 78.7 Å². The van der Waals surface area contributed by atoms with Crippen LogP contribution in [0, 0.1) is 6.92 Å². The summed E-state index contributed by atoms with van der Waals surface area (Å²) < 4.78 is 6.14. The number of halogens is 1. The molecule has 7 nitrogen and oxygen atoms in total. The van der Waals surface area contributed by atoms with Gasteiger partial charge >= 0.3 is 0 Å². The zero-order valence-corrected chi connectivity index (χ0v) is 16.2. The molecule has 0 saturated carbocycles. The summed E-state index contributed by atoms with van der Waals surface area (Å²) in [4.78, 5) is 28.4. The van der Waals surface area contributed by atoms with E-state index < -0.39 is 0 Å². The van der Waals surface area contributed by atoms with Crippen LogP contribution < -0.4 is 5.32 Å². The molecule has 8 heteroatoms. The number of carbonyl (C=O) groups excluding carboxylic acids is 2. The largest absolute Gasteiger partial charge is 0.360 e. The third-order valence-electron chi connectivity index (χ3n) is 4.29. The minimum absolute atomic E-state index is 0.0101. The van der Waals surface area contributed by atoms with Crippen molar-refractivity contribution in [3.05, 3.63) is 51.8 Å². The molecule has 1 N–H and O–H groups in total. The predicted molar refractivity (Wildman–Crippen MR) is 99.6 cm³/mol. The SMILES string of the molecule is Cc1cc(CN2CCN(C(=O)CNC(=O)c3ccc(Br)cc3)CC2)on1. The van der Waals surface area contributed by atoms with Crippen LogP contribution in [-0.2, 0) is 11.3 Å². The van der Waals surface area contributed by atoms with Gasteiger partial charge in [-0.3, -0.25) is 14.5 Å². The molecular weight excluding hydrogens is 400 g/mol. The van der Waals surface area contributed by atoms with Gasteiger partial charge in [0.05, 0.1) is 18.8 Å². The summed E-state index contributed by atoms with van der Waals surface area (Å²) in [5.74, 6) is 0.528. The molecule has 1 aromatic carbocycles. The van der Waals surface area contributed by atoms with E-state index in [0.717, 1.165) is 29.0 Å². The van der Waals surface area contributed by atoms with Crippen LogP contribution in [0.2, 0.25) is 0 Å². The average Bonchev–Trinajstić information content (AvgIpc) is 3.05. The van der Waals surface area contributed by atoms with E-state index in [0.29, 0.717) is 25.2 Å². The number of rotatable bonds is 5. The van der Waals surface area contributed by atoms with Crippen molar-refractivity contribution in [2.75, 3.05) is 32.7 Å². The number of aryl methyl sites for hydroxylation is 1. The quantitative estimate of drug-likeness (QED) is 0.797. The zero-order chi connectivity index (χ0) is 18.5. The lowest BCUT2D eigenvalue weighted by Crippen LogP contribution is -2.50. The van der Waals surface area contributed by atoms with E-state index in [-0.39, 0.29) is 18.4 Å². The van der Waals surface area contributed by atoms with Gasteiger partial charge in [0.1, 0.15) is 0 Å². The van der Waals surface area contributed by atoms with Crippen molar-refractivity contribution in [1.82, 2.24) is 20.3 Å². The summed E-state index contributed by atoms with van der Waals surface area (Å²) in [6.45, 7) is 5.42. The Labute approximate surface area is 160 Å². The fraction of sp³-hybridized carbons (Fsp3) is 0.389. The number of aromatic nitrogens is 1. The third-order valence-corrected chi connectivity index (χ3v) is 4.82. The van der Waals surface area contributed by atoms with Gasteiger partial charge in [0.2, 0.25) is 5.91 Å².